The molecule has 0 atom stereocenters. The van der Waals surface area contributed by atoms with E-state index in [1.165, 1.54) is 32.5 Å². The summed E-state index contributed by atoms with van der Waals surface area (Å²) in [7, 11) is 0. The van der Waals surface area contributed by atoms with E-state index < -0.39 is 0 Å². The van der Waals surface area contributed by atoms with Gasteiger partial charge in [-0.25, -0.2) is 13.9 Å². The topological polar surface area (TPSA) is 86.2 Å². The zero-order chi connectivity index (χ0) is 21.3. The number of anilines is 2. The predicted molar refractivity (Wildman–Crippen MR) is 115 cm³/mol. The minimum absolute atomic E-state index is 0.0207. The van der Waals surface area contributed by atoms with Gasteiger partial charge < -0.3 is 5.73 Å². The van der Waals surface area contributed by atoms with Gasteiger partial charge in [-0.05, 0) is 42.2 Å². The normalized spacial score (nSPS) is 14.3. The molecular formula is C21H22FN5O2S. The molecule has 1 aliphatic heterocycles. The van der Waals surface area contributed by atoms with Gasteiger partial charge in [-0.3, -0.25) is 14.3 Å². The molecule has 4 rings (SSSR count). The van der Waals surface area contributed by atoms with Crippen molar-refractivity contribution in [3.63, 3.8) is 0 Å². The van der Waals surface area contributed by atoms with Crippen LogP contribution in [0.3, 0.4) is 0 Å². The van der Waals surface area contributed by atoms with Gasteiger partial charge in [0.05, 0.1) is 25.1 Å². The first-order chi connectivity index (χ1) is 14.5. The third-order valence-corrected chi connectivity index (χ3v) is 6.22. The molecule has 0 bridgehead atoms. The fourth-order valence-electron chi connectivity index (χ4n) is 3.62. The van der Waals surface area contributed by atoms with Gasteiger partial charge in [0, 0.05) is 17.8 Å². The molecule has 2 N–H and O–H groups in total. The van der Waals surface area contributed by atoms with Crippen molar-refractivity contribution in [1.82, 2.24) is 14.3 Å². The standard InChI is InChI=1S/C21H22FN5O2S/c1-14-3-2-4-16-5-7-18(28)27(20(14)16)19-8-6-17(30-19)12-25-13-24-26(21(25)29)11-15(9-22)10-23/h2-4,6,8-9,13H,5,7,10-12,23H2,1H3/b15-9-. The molecular weight excluding hydrogens is 405 g/mol. The third-order valence-electron chi connectivity index (χ3n) is 5.16. The average molecular weight is 428 g/mol. The molecule has 156 valence electrons. The summed E-state index contributed by atoms with van der Waals surface area (Å²) in [5.41, 5.74) is 8.59. The molecule has 0 saturated heterocycles. The molecule has 3 heterocycles. The van der Waals surface area contributed by atoms with Crippen molar-refractivity contribution in [2.75, 3.05) is 11.4 Å². The van der Waals surface area contributed by atoms with Gasteiger partial charge >= 0.3 is 5.69 Å². The van der Waals surface area contributed by atoms with E-state index in [4.69, 9.17) is 5.73 Å². The second-order valence-electron chi connectivity index (χ2n) is 7.22. The minimum atomic E-state index is -0.340. The Labute approximate surface area is 176 Å². The molecule has 0 aliphatic carbocycles. The Bertz CT molecular complexity index is 1180. The Morgan fingerprint density at radius 3 is 2.87 bits per heavy atom. The number of amides is 1. The van der Waals surface area contributed by atoms with Crippen molar-refractivity contribution in [3.8, 4) is 0 Å². The van der Waals surface area contributed by atoms with Crippen molar-refractivity contribution in [2.24, 2.45) is 5.73 Å². The van der Waals surface area contributed by atoms with Crippen LogP contribution < -0.4 is 16.3 Å². The molecule has 1 aromatic carbocycles. The number of nitrogens with two attached hydrogens (primary N) is 1. The molecule has 30 heavy (non-hydrogen) atoms. The largest absolute Gasteiger partial charge is 0.346 e. The number of para-hydroxylation sites is 1. The number of hydrogen-bond acceptors (Lipinski definition) is 5. The van der Waals surface area contributed by atoms with E-state index in [1.807, 2.05) is 31.2 Å². The van der Waals surface area contributed by atoms with Crippen LogP contribution in [0.2, 0.25) is 0 Å². The van der Waals surface area contributed by atoms with Crippen LogP contribution in [0.15, 0.2) is 53.4 Å². The van der Waals surface area contributed by atoms with Crippen molar-refractivity contribution in [1.29, 1.82) is 0 Å². The monoisotopic (exact) mass is 427 g/mol. The van der Waals surface area contributed by atoms with E-state index in [0.29, 0.717) is 24.9 Å². The van der Waals surface area contributed by atoms with Crippen LogP contribution in [-0.4, -0.2) is 26.8 Å². The lowest BCUT2D eigenvalue weighted by atomic mass is 9.98. The van der Waals surface area contributed by atoms with Crippen LogP contribution in [0.1, 0.15) is 22.4 Å². The number of aryl methyl sites for hydroxylation is 2. The molecule has 1 aliphatic rings. The second-order valence-corrected chi connectivity index (χ2v) is 8.37. The number of fused-ring (bicyclic) bond motifs is 1. The first kappa shape index (κ1) is 20.2. The van der Waals surface area contributed by atoms with E-state index >= 15 is 0 Å². The summed E-state index contributed by atoms with van der Waals surface area (Å²) in [6.07, 6.45) is 3.06. The summed E-state index contributed by atoms with van der Waals surface area (Å²) in [6, 6.07) is 9.91. The number of rotatable bonds is 6. The van der Waals surface area contributed by atoms with Crippen molar-refractivity contribution < 1.29 is 9.18 Å². The summed E-state index contributed by atoms with van der Waals surface area (Å²) in [5, 5.41) is 4.87. The van der Waals surface area contributed by atoms with Gasteiger partial charge in [0.15, 0.2) is 0 Å². The molecule has 0 fully saturated rings. The summed E-state index contributed by atoms with van der Waals surface area (Å²) in [4.78, 5) is 27.9. The highest BCUT2D eigenvalue weighted by Crippen LogP contribution is 2.39. The lowest BCUT2D eigenvalue weighted by Crippen LogP contribution is -2.30. The third kappa shape index (κ3) is 3.73. The van der Waals surface area contributed by atoms with E-state index in [-0.39, 0.29) is 24.7 Å². The van der Waals surface area contributed by atoms with Gasteiger partial charge in [0.1, 0.15) is 11.3 Å². The summed E-state index contributed by atoms with van der Waals surface area (Å²) in [5.74, 6) is 0.0718. The Balaban J connectivity index is 1.59. The Hall–Kier alpha value is -3.04. The fraction of sp³-hybridized carbons (Fsp3) is 0.286. The van der Waals surface area contributed by atoms with E-state index in [1.54, 1.807) is 4.90 Å². The lowest BCUT2D eigenvalue weighted by molar-refractivity contribution is -0.118. The Morgan fingerprint density at radius 1 is 1.27 bits per heavy atom. The fourth-order valence-corrected chi connectivity index (χ4v) is 4.65. The molecule has 3 aromatic rings. The summed E-state index contributed by atoms with van der Waals surface area (Å²) >= 11 is 1.47. The molecule has 9 heteroatoms. The van der Waals surface area contributed by atoms with Crippen molar-refractivity contribution in [2.45, 2.75) is 32.9 Å². The van der Waals surface area contributed by atoms with Gasteiger partial charge in [-0.15, -0.1) is 11.3 Å². The van der Waals surface area contributed by atoms with E-state index in [2.05, 4.69) is 11.2 Å². The van der Waals surface area contributed by atoms with Crippen LogP contribution in [0.25, 0.3) is 0 Å². The first-order valence-electron chi connectivity index (χ1n) is 9.62. The van der Waals surface area contributed by atoms with E-state index in [0.717, 1.165) is 27.5 Å². The highest BCUT2D eigenvalue weighted by molar-refractivity contribution is 7.16. The van der Waals surface area contributed by atoms with Gasteiger partial charge in [-0.1, -0.05) is 18.2 Å². The lowest BCUT2D eigenvalue weighted by Gasteiger charge is -2.29. The maximum absolute atomic E-state index is 12.8. The molecule has 7 nitrogen and oxygen atoms in total. The van der Waals surface area contributed by atoms with Crippen LogP contribution >= 0.6 is 11.3 Å². The number of thiophene rings is 1. The maximum Gasteiger partial charge on any atom is 0.346 e. The number of hydrogen-bond donors (Lipinski definition) is 1. The van der Waals surface area contributed by atoms with Crippen LogP contribution in [0.5, 0.6) is 0 Å². The number of carbonyl (C=O) groups excluding carboxylic acids is 1. The second kappa shape index (κ2) is 8.37. The predicted octanol–water partition coefficient (Wildman–Crippen LogP) is 2.89. The SMILES string of the molecule is Cc1cccc2c1N(c1ccc(Cn3cnn(C/C(=C\F)CN)c3=O)s1)C(=O)CC2. The smallest absolute Gasteiger partial charge is 0.327 e. The summed E-state index contributed by atoms with van der Waals surface area (Å²) in [6.45, 7) is 2.37. The van der Waals surface area contributed by atoms with Gasteiger partial charge in [0.2, 0.25) is 5.91 Å². The number of aromatic nitrogens is 3. The quantitative estimate of drug-likeness (QED) is 0.655. The first-order valence-corrected chi connectivity index (χ1v) is 10.4. The summed E-state index contributed by atoms with van der Waals surface area (Å²) < 4.78 is 15.4. The van der Waals surface area contributed by atoms with Crippen LogP contribution in [0, 0.1) is 6.92 Å². The zero-order valence-corrected chi connectivity index (χ0v) is 17.4. The molecule has 0 unspecified atom stereocenters. The number of nitrogens with zero attached hydrogens (tertiary/aromatic N) is 4. The molecule has 0 radical (unpaired) electrons. The molecule has 1 amide bonds. The number of halogens is 1. The highest BCUT2D eigenvalue weighted by atomic mass is 32.1. The maximum atomic E-state index is 12.8. The highest BCUT2D eigenvalue weighted by Gasteiger charge is 2.28. The minimum Gasteiger partial charge on any atom is -0.327 e. The van der Waals surface area contributed by atoms with Crippen LogP contribution in [-0.2, 0) is 24.3 Å². The zero-order valence-electron chi connectivity index (χ0n) is 16.5. The van der Waals surface area contributed by atoms with Gasteiger partial charge in [-0.2, -0.15) is 5.10 Å². The average Bonchev–Trinajstić information content (AvgIpc) is 3.34. The van der Waals surface area contributed by atoms with Crippen molar-refractivity contribution in [3.05, 3.63) is 75.1 Å². The Kier molecular flexibility index (Phi) is 5.65. The Morgan fingerprint density at radius 2 is 2.10 bits per heavy atom. The molecule has 0 saturated carbocycles. The number of benzene rings is 1. The molecule has 2 aromatic heterocycles. The van der Waals surface area contributed by atoms with Gasteiger partial charge in [0.25, 0.3) is 0 Å². The molecule has 0 spiro atoms. The number of carbonyl (C=O) groups is 1. The van der Waals surface area contributed by atoms with Crippen molar-refractivity contribution >= 4 is 27.9 Å². The van der Waals surface area contributed by atoms with Crippen LogP contribution in [0.4, 0.5) is 15.1 Å². The van der Waals surface area contributed by atoms with E-state index in [9.17, 15) is 14.0 Å².